The molecule has 0 bridgehead atoms. The normalized spacial score (nSPS) is 18.8. The highest BCUT2D eigenvalue weighted by molar-refractivity contribution is 7.10. The maximum absolute atomic E-state index is 4.75. The third-order valence-corrected chi connectivity index (χ3v) is 4.48. The molecule has 19 heavy (non-hydrogen) atoms. The molecule has 2 aromatic heterocycles. The number of nitrogens with zero attached hydrogens (tertiary/aromatic N) is 3. The first kappa shape index (κ1) is 12.8. The standard InChI is InChI=1S/C14H20N4S/c1-9(2)8-12-16-14(18(3)17-12)13-10-5-7-19-11(10)4-6-15-13/h5,7,9,13,15H,4,6,8H2,1-3H3. The van der Waals surface area contributed by atoms with Crippen LogP contribution in [0.1, 0.15) is 42.0 Å². The number of aryl methyl sites for hydroxylation is 1. The topological polar surface area (TPSA) is 42.7 Å². The van der Waals surface area contributed by atoms with Gasteiger partial charge < -0.3 is 5.32 Å². The van der Waals surface area contributed by atoms with Gasteiger partial charge in [0.25, 0.3) is 0 Å². The molecule has 1 N–H and O–H groups in total. The second kappa shape index (κ2) is 5.06. The Bertz CT molecular complexity index is 570. The van der Waals surface area contributed by atoms with Gasteiger partial charge in [-0.1, -0.05) is 13.8 Å². The highest BCUT2D eigenvalue weighted by atomic mass is 32.1. The van der Waals surface area contributed by atoms with E-state index in [9.17, 15) is 0 Å². The van der Waals surface area contributed by atoms with E-state index in [1.54, 1.807) is 0 Å². The van der Waals surface area contributed by atoms with E-state index in [0.29, 0.717) is 5.92 Å². The van der Waals surface area contributed by atoms with E-state index >= 15 is 0 Å². The van der Waals surface area contributed by atoms with Crippen molar-refractivity contribution >= 4 is 11.3 Å². The number of fused-ring (bicyclic) bond motifs is 1. The maximum Gasteiger partial charge on any atom is 0.151 e. The van der Waals surface area contributed by atoms with Gasteiger partial charge in [0.05, 0.1) is 6.04 Å². The van der Waals surface area contributed by atoms with Crippen LogP contribution in [0.4, 0.5) is 0 Å². The van der Waals surface area contributed by atoms with E-state index in [1.807, 2.05) is 23.1 Å². The van der Waals surface area contributed by atoms with Gasteiger partial charge in [0, 0.05) is 24.9 Å². The van der Waals surface area contributed by atoms with E-state index < -0.39 is 0 Å². The SMILES string of the molecule is CC(C)Cc1nc(C2NCCc3sccc32)n(C)n1. The summed E-state index contributed by atoms with van der Waals surface area (Å²) in [6.45, 7) is 5.42. The van der Waals surface area contributed by atoms with Crippen molar-refractivity contribution in [2.45, 2.75) is 32.7 Å². The first-order valence-electron chi connectivity index (χ1n) is 6.84. The summed E-state index contributed by atoms with van der Waals surface area (Å²) in [5.74, 6) is 2.58. The van der Waals surface area contributed by atoms with E-state index in [-0.39, 0.29) is 6.04 Å². The first-order chi connectivity index (χ1) is 9.15. The second-order valence-electron chi connectivity index (χ2n) is 5.54. The van der Waals surface area contributed by atoms with Gasteiger partial charge in [-0.3, -0.25) is 4.68 Å². The van der Waals surface area contributed by atoms with Crippen LogP contribution in [0.25, 0.3) is 0 Å². The fraction of sp³-hybridized carbons (Fsp3) is 0.571. The van der Waals surface area contributed by atoms with Crippen LogP contribution in [0.3, 0.4) is 0 Å². The van der Waals surface area contributed by atoms with Gasteiger partial charge in [-0.25, -0.2) is 4.98 Å². The van der Waals surface area contributed by atoms with Gasteiger partial charge >= 0.3 is 0 Å². The monoisotopic (exact) mass is 276 g/mol. The number of hydrogen-bond donors (Lipinski definition) is 1. The minimum Gasteiger partial charge on any atom is -0.303 e. The van der Waals surface area contributed by atoms with Crippen molar-refractivity contribution in [2.75, 3.05) is 6.54 Å². The van der Waals surface area contributed by atoms with Crippen LogP contribution >= 0.6 is 11.3 Å². The number of thiophene rings is 1. The number of aromatic nitrogens is 3. The van der Waals surface area contributed by atoms with E-state index in [1.165, 1.54) is 10.4 Å². The molecule has 5 heteroatoms. The average molecular weight is 276 g/mol. The molecule has 0 amide bonds. The van der Waals surface area contributed by atoms with Crippen LogP contribution in [-0.2, 0) is 19.9 Å². The molecule has 0 spiro atoms. The van der Waals surface area contributed by atoms with Crippen LogP contribution in [0, 0.1) is 5.92 Å². The molecule has 3 heterocycles. The molecule has 0 saturated carbocycles. The molecule has 0 aromatic carbocycles. The van der Waals surface area contributed by atoms with Gasteiger partial charge in [0.15, 0.2) is 5.82 Å². The molecule has 0 fully saturated rings. The molecule has 102 valence electrons. The molecule has 0 radical (unpaired) electrons. The Morgan fingerprint density at radius 1 is 1.53 bits per heavy atom. The van der Waals surface area contributed by atoms with Gasteiger partial charge in [0.1, 0.15) is 5.82 Å². The van der Waals surface area contributed by atoms with Crippen molar-refractivity contribution in [3.8, 4) is 0 Å². The lowest BCUT2D eigenvalue weighted by molar-refractivity contribution is 0.523. The fourth-order valence-corrected chi connectivity index (χ4v) is 3.56. The van der Waals surface area contributed by atoms with E-state index in [0.717, 1.165) is 31.0 Å². The lowest BCUT2D eigenvalue weighted by Gasteiger charge is -2.23. The summed E-state index contributed by atoms with van der Waals surface area (Å²) in [7, 11) is 1.99. The third-order valence-electron chi connectivity index (χ3n) is 3.48. The largest absolute Gasteiger partial charge is 0.303 e. The minimum atomic E-state index is 0.202. The highest BCUT2D eigenvalue weighted by Crippen LogP contribution is 2.31. The average Bonchev–Trinajstić information content (AvgIpc) is 2.94. The molecule has 0 saturated heterocycles. The number of hydrogen-bond acceptors (Lipinski definition) is 4. The van der Waals surface area contributed by atoms with Crippen molar-refractivity contribution < 1.29 is 0 Å². The first-order valence-corrected chi connectivity index (χ1v) is 7.72. The Morgan fingerprint density at radius 3 is 3.16 bits per heavy atom. The predicted octanol–water partition coefficient (Wildman–Crippen LogP) is 2.31. The van der Waals surface area contributed by atoms with E-state index in [4.69, 9.17) is 4.98 Å². The summed E-state index contributed by atoms with van der Waals surface area (Å²) >= 11 is 1.85. The Balaban J connectivity index is 1.93. The molecular weight excluding hydrogens is 256 g/mol. The third kappa shape index (κ3) is 2.44. The zero-order valence-electron chi connectivity index (χ0n) is 11.7. The molecule has 1 aliphatic rings. The molecule has 2 aromatic rings. The number of rotatable bonds is 3. The fourth-order valence-electron chi connectivity index (χ4n) is 2.64. The molecule has 0 aliphatic carbocycles. The van der Waals surface area contributed by atoms with Crippen LogP contribution in [-0.4, -0.2) is 21.3 Å². The minimum absolute atomic E-state index is 0.202. The van der Waals surface area contributed by atoms with Crippen LogP contribution in [0.15, 0.2) is 11.4 Å². The van der Waals surface area contributed by atoms with Crippen LogP contribution < -0.4 is 5.32 Å². The quantitative estimate of drug-likeness (QED) is 0.935. The zero-order valence-corrected chi connectivity index (χ0v) is 12.5. The summed E-state index contributed by atoms with van der Waals surface area (Å²) in [6.07, 6.45) is 2.07. The lowest BCUT2D eigenvalue weighted by atomic mass is 10.0. The van der Waals surface area contributed by atoms with Gasteiger partial charge in [-0.05, 0) is 29.3 Å². The maximum atomic E-state index is 4.75. The molecule has 1 unspecified atom stereocenters. The molecule has 3 rings (SSSR count). The summed E-state index contributed by atoms with van der Waals surface area (Å²) < 4.78 is 1.93. The molecule has 4 nitrogen and oxygen atoms in total. The highest BCUT2D eigenvalue weighted by Gasteiger charge is 2.26. The van der Waals surface area contributed by atoms with Crippen molar-refractivity contribution in [1.82, 2.24) is 20.1 Å². The Kier molecular flexibility index (Phi) is 3.41. The summed E-state index contributed by atoms with van der Waals surface area (Å²) in [5.41, 5.74) is 1.38. The lowest BCUT2D eigenvalue weighted by Crippen LogP contribution is -2.31. The summed E-state index contributed by atoms with van der Waals surface area (Å²) in [4.78, 5) is 6.23. The predicted molar refractivity (Wildman–Crippen MR) is 77.4 cm³/mol. The Labute approximate surface area is 117 Å². The van der Waals surface area contributed by atoms with Crippen molar-refractivity contribution in [3.05, 3.63) is 33.5 Å². The Hall–Kier alpha value is -1.20. The van der Waals surface area contributed by atoms with E-state index in [2.05, 4.69) is 35.7 Å². The van der Waals surface area contributed by atoms with Gasteiger partial charge in [-0.15, -0.1) is 11.3 Å². The van der Waals surface area contributed by atoms with Crippen LogP contribution in [0.2, 0.25) is 0 Å². The summed E-state index contributed by atoms with van der Waals surface area (Å²) in [6, 6.07) is 2.42. The molecular formula is C14H20N4S. The van der Waals surface area contributed by atoms with Crippen molar-refractivity contribution in [1.29, 1.82) is 0 Å². The number of nitrogens with one attached hydrogen (secondary N) is 1. The zero-order chi connectivity index (χ0) is 13.4. The van der Waals surface area contributed by atoms with Crippen LogP contribution in [0.5, 0.6) is 0 Å². The summed E-state index contributed by atoms with van der Waals surface area (Å²) in [5, 5.41) is 10.3. The van der Waals surface area contributed by atoms with Crippen molar-refractivity contribution in [2.24, 2.45) is 13.0 Å². The smallest absolute Gasteiger partial charge is 0.151 e. The van der Waals surface area contributed by atoms with Gasteiger partial charge in [0.2, 0.25) is 0 Å². The molecule has 1 aliphatic heterocycles. The molecule has 1 atom stereocenters. The van der Waals surface area contributed by atoms with Crippen molar-refractivity contribution in [3.63, 3.8) is 0 Å². The Morgan fingerprint density at radius 2 is 2.37 bits per heavy atom. The van der Waals surface area contributed by atoms with Gasteiger partial charge in [-0.2, -0.15) is 5.10 Å². The second-order valence-corrected chi connectivity index (χ2v) is 6.54.